The molecule has 1 saturated carbocycles. The number of carbonyl (C=O) groups excluding carboxylic acids is 2. The van der Waals surface area contributed by atoms with E-state index in [2.05, 4.69) is 5.92 Å². The number of rotatable bonds is 5. The Morgan fingerprint density at radius 1 is 1.36 bits per heavy atom. The molecular formula is C20H24ClNO3. The molecule has 1 unspecified atom stereocenters. The van der Waals surface area contributed by atoms with E-state index >= 15 is 0 Å². The molecule has 0 spiro atoms. The minimum atomic E-state index is -0.689. The van der Waals surface area contributed by atoms with E-state index in [-0.39, 0.29) is 11.9 Å². The van der Waals surface area contributed by atoms with E-state index in [9.17, 15) is 9.59 Å². The maximum absolute atomic E-state index is 12.4. The highest BCUT2D eigenvalue weighted by molar-refractivity contribution is 6.32. The summed E-state index contributed by atoms with van der Waals surface area (Å²) in [5.41, 5.74) is 0.00961. The molecule has 1 fully saturated rings. The Hall–Kier alpha value is -1.99. The second kappa shape index (κ2) is 7.49. The van der Waals surface area contributed by atoms with Gasteiger partial charge in [-0.2, -0.15) is 0 Å². The average molecular weight is 362 g/mol. The SMILES string of the molecule is C#CC(=O)N(c1ccc(OC2CCC2)c(Cl)c1)C(C(C)=O)C(C)(C)C. The van der Waals surface area contributed by atoms with Crippen molar-refractivity contribution in [3.05, 3.63) is 23.2 Å². The lowest BCUT2D eigenvalue weighted by Gasteiger charge is -2.37. The first-order valence-electron chi connectivity index (χ1n) is 8.41. The zero-order valence-corrected chi connectivity index (χ0v) is 15.9. The number of benzene rings is 1. The third-order valence-electron chi connectivity index (χ3n) is 4.35. The highest BCUT2D eigenvalue weighted by Gasteiger charge is 2.37. The standard InChI is InChI=1S/C20H24ClNO3/c1-6-18(24)22(19(13(2)23)20(3,4)5)14-10-11-17(16(21)12-14)25-15-8-7-9-15/h1,10-12,15,19H,7-9H2,2-5H3. The first kappa shape index (κ1) is 19.3. The first-order chi connectivity index (χ1) is 11.6. The van der Waals surface area contributed by atoms with Gasteiger partial charge in [0.15, 0.2) is 5.78 Å². The van der Waals surface area contributed by atoms with Crippen LogP contribution in [-0.2, 0) is 9.59 Å². The number of amides is 1. The average Bonchev–Trinajstić information content (AvgIpc) is 2.47. The number of ketones is 1. The summed E-state index contributed by atoms with van der Waals surface area (Å²) in [6.45, 7) is 7.14. The summed E-state index contributed by atoms with van der Waals surface area (Å²) >= 11 is 6.35. The van der Waals surface area contributed by atoms with Gasteiger partial charge >= 0.3 is 5.91 Å². The Bertz CT molecular complexity index is 711. The highest BCUT2D eigenvalue weighted by Crippen LogP contribution is 2.36. The number of hydrogen-bond donors (Lipinski definition) is 0. The van der Waals surface area contributed by atoms with Crippen molar-refractivity contribution in [2.24, 2.45) is 5.41 Å². The van der Waals surface area contributed by atoms with Crippen molar-refractivity contribution < 1.29 is 14.3 Å². The molecule has 0 radical (unpaired) electrons. The number of anilines is 1. The third-order valence-corrected chi connectivity index (χ3v) is 4.64. The van der Waals surface area contributed by atoms with Gasteiger partial charge in [-0.1, -0.05) is 32.4 Å². The number of halogens is 1. The zero-order valence-electron chi connectivity index (χ0n) is 15.1. The van der Waals surface area contributed by atoms with E-state index in [1.807, 2.05) is 20.8 Å². The van der Waals surface area contributed by atoms with Crippen molar-refractivity contribution >= 4 is 29.0 Å². The van der Waals surface area contributed by atoms with Crippen LogP contribution in [0.5, 0.6) is 5.75 Å². The topological polar surface area (TPSA) is 46.6 Å². The van der Waals surface area contributed by atoms with Crippen LogP contribution < -0.4 is 9.64 Å². The van der Waals surface area contributed by atoms with Crippen molar-refractivity contribution in [2.75, 3.05) is 4.90 Å². The molecule has 1 aromatic rings. The second-order valence-electron chi connectivity index (χ2n) is 7.48. The lowest BCUT2D eigenvalue weighted by molar-refractivity contribution is -0.124. The number of Topliss-reactive ketones (excluding diaryl/α,β-unsaturated/α-hetero) is 1. The van der Waals surface area contributed by atoms with Crippen LogP contribution in [0.2, 0.25) is 5.02 Å². The van der Waals surface area contributed by atoms with Gasteiger partial charge in [0.2, 0.25) is 0 Å². The van der Waals surface area contributed by atoms with Gasteiger partial charge in [0.05, 0.1) is 11.1 Å². The third kappa shape index (κ3) is 4.35. The maximum Gasteiger partial charge on any atom is 0.303 e. The predicted molar refractivity (Wildman–Crippen MR) is 100.0 cm³/mol. The molecule has 5 heteroatoms. The van der Waals surface area contributed by atoms with Crippen LogP contribution in [0.15, 0.2) is 18.2 Å². The maximum atomic E-state index is 12.4. The van der Waals surface area contributed by atoms with Gasteiger partial charge in [0.25, 0.3) is 0 Å². The minimum Gasteiger partial charge on any atom is -0.489 e. The van der Waals surface area contributed by atoms with E-state index in [0.717, 1.165) is 19.3 Å². The zero-order chi connectivity index (χ0) is 18.8. The van der Waals surface area contributed by atoms with Crippen LogP contribution in [0.1, 0.15) is 47.0 Å². The monoisotopic (exact) mass is 361 g/mol. The largest absolute Gasteiger partial charge is 0.489 e. The predicted octanol–water partition coefficient (Wildman–Crippen LogP) is 4.24. The summed E-state index contributed by atoms with van der Waals surface area (Å²) in [6.07, 6.45) is 8.75. The van der Waals surface area contributed by atoms with Crippen molar-refractivity contribution in [1.29, 1.82) is 0 Å². The number of ether oxygens (including phenoxy) is 1. The summed E-state index contributed by atoms with van der Waals surface area (Å²) in [6, 6.07) is 4.39. The van der Waals surface area contributed by atoms with Crippen molar-refractivity contribution in [1.82, 2.24) is 0 Å². The summed E-state index contributed by atoms with van der Waals surface area (Å²) in [7, 11) is 0. The Morgan fingerprint density at radius 3 is 2.40 bits per heavy atom. The molecule has 0 aromatic heterocycles. The van der Waals surface area contributed by atoms with Crippen LogP contribution >= 0.6 is 11.6 Å². The van der Waals surface area contributed by atoms with Crippen LogP contribution in [0, 0.1) is 17.8 Å². The molecule has 0 saturated heterocycles. The van der Waals surface area contributed by atoms with Gasteiger partial charge in [-0.25, -0.2) is 0 Å². The Morgan fingerprint density at radius 2 is 2.00 bits per heavy atom. The van der Waals surface area contributed by atoms with Gasteiger partial charge in [-0.05, 0) is 55.7 Å². The van der Waals surface area contributed by atoms with E-state index in [1.165, 1.54) is 11.8 Å². The minimum absolute atomic E-state index is 0.137. The molecule has 0 bridgehead atoms. The molecule has 0 aliphatic heterocycles. The second-order valence-corrected chi connectivity index (χ2v) is 7.89. The molecule has 134 valence electrons. The van der Waals surface area contributed by atoms with Gasteiger partial charge in [0.1, 0.15) is 11.8 Å². The fourth-order valence-electron chi connectivity index (χ4n) is 3.04. The molecule has 1 aliphatic carbocycles. The molecule has 1 aliphatic rings. The summed E-state index contributed by atoms with van der Waals surface area (Å²) in [5, 5.41) is 0.399. The summed E-state index contributed by atoms with van der Waals surface area (Å²) in [4.78, 5) is 26.0. The number of carbonyl (C=O) groups is 2. The highest BCUT2D eigenvalue weighted by atomic mass is 35.5. The smallest absolute Gasteiger partial charge is 0.303 e. The van der Waals surface area contributed by atoms with Gasteiger partial charge in [0, 0.05) is 5.69 Å². The Kier molecular flexibility index (Phi) is 5.80. The Balaban J connectivity index is 2.41. The van der Waals surface area contributed by atoms with Gasteiger partial charge in [-0.15, -0.1) is 6.42 Å². The van der Waals surface area contributed by atoms with E-state index in [4.69, 9.17) is 22.8 Å². The molecule has 1 amide bonds. The van der Waals surface area contributed by atoms with Gasteiger partial charge < -0.3 is 4.74 Å². The molecule has 2 rings (SSSR count). The fraction of sp³-hybridized carbons (Fsp3) is 0.500. The van der Waals surface area contributed by atoms with E-state index in [1.54, 1.807) is 18.2 Å². The van der Waals surface area contributed by atoms with E-state index in [0.29, 0.717) is 16.5 Å². The molecule has 4 nitrogen and oxygen atoms in total. The fourth-order valence-corrected chi connectivity index (χ4v) is 3.25. The number of terminal acetylenes is 1. The van der Waals surface area contributed by atoms with Crippen molar-refractivity contribution in [2.45, 2.75) is 59.1 Å². The number of hydrogen-bond acceptors (Lipinski definition) is 3. The molecule has 1 atom stereocenters. The van der Waals surface area contributed by atoms with Gasteiger partial charge in [-0.3, -0.25) is 14.5 Å². The Labute approximate surface area is 154 Å². The molecular weight excluding hydrogens is 338 g/mol. The van der Waals surface area contributed by atoms with Crippen LogP contribution in [0.25, 0.3) is 0 Å². The molecule has 1 aromatic carbocycles. The lowest BCUT2D eigenvalue weighted by Crippen LogP contribution is -2.51. The number of nitrogens with zero attached hydrogens (tertiary/aromatic N) is 1. The summed E-state index contributed by atoms with van der Waals surface area (Å²) in [5.74, 6) is 1.99. The quantitative estimate of drug-likeness (QED) is 0.737. The summed E-state index contributed by atoms with van der Waals surface area (Å²) < 4.78 is 5.84. The first-order valence-corrected chi connectivity index (χ1v) is 8.79. The van der Waals surface area contributed by atoms with Crippen LogP contribution in [-0.4, -0.2) is 23.8 Å². The van der Waals surface area contributed by atoms with E-state index < -0.39 is 17.4 Å². The molecule has 25 heavy (non-hydrogen) atoms. The van der Waals surface area contributed by atoms with Crippen molar-refractivity contribution in [3.8, 4) is 18.1 Å². The normalized spacial score (nSPS) is 15.7. The molecule has 0 heterocycles. The van der Waals surface area contributed by atoms with Crippen LogP contribution in [0.3, 0.4) is 0 Å². The van der Waals surface area contributed by atoms with Crippen molar-refractivity contribution in [3.63, 3.8) is 0 Å². The van der Waals surface area contributed by atoms with Crippen LogP contribution in [0.4, 0.5) is 5.69 Å². The molecule has 0 N–H and O–H groups in total. The lowest BCUT2D eigenvalue weighted by atomic mass is 9.83.